The van der Waals surface area contributed by atoms with Crippen molar-refractivity contribution in [2.45, 2.75) is 36.5 Å². The summed E-state index contributed by atoms with van der Waals surface area (Å²) in [6.07, 6.45) is 3.52. The summed E-state index contributed by atoms with van der Waals surface area (Å²) in [5.74, 6) is 0.248. The molecule has 2 aliphatic heterocycles. The van der Waals surface area contributed by atoms with Gasteiger partial charge in [-0.25, -0.2) is 8.42 Å². The van der Waals surface area contributed by atoms with Gasteiger partial charge in [-0.3, -0.25) is 4.79 Å². The van der Waals surface area contributed by atoms with Gasteiger partial charge in [-0.05, 0) is 55.4 Å². The molecule has 0 bridgehead atoms. The first-order chi connectivity index (χ1) is 14.0. The molecule has 0 aliphatic carbocycles. The van der Waals surface area contributed by atoms with Gasteiger partial charge in [-0.1, -0.05) is 41.9 Å². The predicted molar refractivity (Wildman–Crippen MR) is 114 cm³/mol. The smallest absolute Gasteiger partial charge is 0.255 e. The number of halogens is 1. The number of carbonyl (C=O) groups excluding carboxylic acids is 1. The number of hydrogen-bond donors (Lipinski definition) is 0. The molecule has 0 atom stereocenters. The number of piperidine rings is 1. The van der Waals surface area contributed by atoms with Crippen molar-refractivity contribution in [3.05, 3.63) is 64.7 Å². The van der Waals surface area contributed by atoms with Gasteiger partial charge in [-0.2, -0.15) is 4.31 Å². The molecule has 2 aromatic carbocycles. The van der Waals surface area contributed by atoms with Crippen molar-refractivity contribution in [2.24, 2.45) is 0 Å². The Morgan fingerprint density at radius 2 is 1.59 bits per heavy atom. The molecule has 2 aliphatic rings. The van der Waals surface area contributed by atoms with Crippen LogP contribution in [0.2, 0.25) is 5.02 Å². The first-order valence-corrected chi connectivity index (χ1v) is 11.9. The van der Waals surface area contributed by atoms with Gasteiger partial charge in [-0.15, -0.1) is 0 Å². The molecular formula is C22H25ClN2O3S. The van der Waals surface area contributed by atoms with E-state index in [-0.39, 0.29) is 16.4 Å². The maximum atomic E-state index is 13.1. The van der Waals surface area contributed by atoms with Crippen molar-refractivity contribution < 1.29 is 13.2 Å². The Morgan fingerprint density at radius 3 is 2.24 bits per heavy atom. The summed E-state index contributed by atoms with van der Waals surface area (Å²) < 4.78 is 27.2. The van der Waals surface area contributed by atoms with Crippen molar-refractivity contribution in [3.8, 4) is 0 Å². The predicted octanol–water partition coefficient (Wildman–Crippen LogP) is 4.14. The summed E-state index contributed by atoms with van der Waals surface area (Å²) in [7, 11) is -3.58. The molecule has 4 rings (SSSR count). The second kappa shape index (κ2) is 8.46. The van der Waals surface area contributed by atoms with E-state index >= 15 is 0 Å². The van der Waals surface area contributed by atoms with Gasteiger partial charge < -0.3 is 4.90 Å². The zero-order valence-corrected chi connectivity index (χ0v) is 17.8. The first-order valence-electron chi connectivity index (χ1n) is 10.1. The summed E-state index contributed by atoms with van der Waals surface area (Å²) in [6, 6.07) is 14.8. The number of hydrogen-bond acceptors (Lipinski definition) is 3. The molecule has 0 unspecified atom stereocenters. The summed E-state index contributed by atoms with van der Waals surface area (Å²) in [4.78, 5) is 15.0. The second-order valence-corrected chi connectivity index (χ2v) is 10.1. The molecule has 5 nitrogen and oxygen atoms in total. The number of benzene rings is 2. The summed E-state index contributed by atoms with van der Waals surface area (Å²) in [6.45, 7) is 2.33. The highest BCUT2D eigenvalue weighted by atomic mass is 35.5. The maximum absolute atomic E-state index is 13.1. The van der Waals surface area contributed by atoms with Crippen molar-refractivity contribution in [1.82, 2.24) is 9.21 Å². The Hall–Kier alpha value is -1.89. The van der Waals surface area contributed by atoms with E-state index in [0.29, 0.717) is 37.1 Å². The van der Waals surface area contributed by atoms with Gasteiger partial charge in [0.05, 0.1) is 15.5 Å². The van der Waals surface area contributed by atoms with E-state index in [0.717, 1.165) is 25.7 Å². The van der Waals surface area contributed by atoms with Crippen LogP contribution in [0.15, 0.2) is 53.4 Å². The summed E-state index contributed by atoms with van der Waals surface area (Å²) >= 11 is 6.29. The molecule has 0 aromatic heterocycles. The number of likely N-dealkylation sites (tertiary alicyclic amines) is 1. The molecule has 0 spiro atoms. The lowest BCUT2D eigenvalue weighted by Gasteiger charge is -2.32. The fourth-order valence-electron chi connectivity index (χ4n) is 4.22. The van der Waals surface area contributed by atoms with E-state index in [1.54, 1.807) is 4.90 Å². The van der Waals surface area contributed by atoms with Crippen LogP contribution >= 0.6 is 11.6 Å². The summed E-state index contributed by atoms with van der Waals surface area (Å²) in [5.41, 5.74) is 1.57. The third-order valence-corrected chi connectivity index (χ3v) is 8.15. The van der Waals surface area contributed by atoms with Crippen molar-refractivity contribution >= 4 is 27.5 Å². The van der Waals surface area contributed by atoms with Crippen molar-refractivity contribution in [2.75, 3.05) is 26.2 Å². The van der Waals surface area contributed by atoms with Crippen LogP contribution in [-0.2, 0) is 10.0 Å². The number of sulfonamides is 1. The highest BCUT2D eigenvalue weighted by Crippen LogP contribution is 2.30. The molecule has 29 heavy (non-hydrogen) atoms. The van der Waals surface area contributed by atoms with Crippen LogP contribution in [0.3, 0.4) is 0 Å². The lowest BCUT2D eigenvalue weighted by Crippen LogP contribution is -2.38. The minimum atomic E-state index is -3.58. The SMILES string of the molecule is O=C(c1cc(S(=O)(=O)N2CCCC2)ccc1Cl)N1CCC(c2ccccc2)CC1. The van der Waals surface area contributed by atoms with Crippen LogP contribution < -0.4 is 0 Å². The van der Waals surface area contributed by atoms with Crippen LogP contribution in [0.1, 0.15) is 47.5 Å². The third kappa shape index (κ3) is 4.20. The lowest BCUT2D eigenvalue weighted by atomic mass is 9.89. The molecule has 7 heteroatoms. The number of rotatable bonds is 4. The number of nitrogens with zero attached hydrogens (tertiary/aromatic N) is 2. The van der Waals surface area contributed by atoms with Gasteiger partial charge in [0.15, 0.2) is 0 Å². The number of carbonyl (C=O) groups is 1. The largest absolute Gasteiger partial charge is 0.339 e. The van der Waals surface area contributed by atoms with Gasteiger partial charge in [0.25, 0.3) is 5.91 Å². The van der Waals surface area contributed by atoms with Crippen LogP contribution in [0.5, 0.6) is 0 Å². The number of amides is 1. The average Bonchev–Trinajstić information content (AvgIpc) is 3.30. The zero-order valence-electron chi connectivity index (χ0n) is 16.3. The molecule has 2 heterocycles. The van der Waals surface area contributed by atoms with Crippen LogP contribution in [0.25, 0.3) is 0 Å². The topological polar surface area (TPSA) is 57.7 Å². The van der Waals surface area contributed by atoms with Gasteiger partial charge >= 0.3 is 0 Å². The lowest BCUT2D eigenvalue weighted by molar-refractivity contribution is 0.0713. The highest BCUT2D eigenvalue weighted by molar-refractivity contribution is 7.89. The first kappa shape index (κ1) is 20.4. The second-order valence-electron chi connectivity index (χ2n) is 7.73. The maximum Gasteiger partial charge on any atom is 0.255 e. The monoisotopic (exact) mass is 432 g/mol. The molecule has 1 amide bonds. The Labute approximate surface area is 177 Å². The molecule has 154 valence electrons. The Bertz CT molecular complexity index is 980. The van der Waals surface area contributed by atoms with Crippen LogP contribution in [0.4, 0.5) is 0 Å². The molecule has 0 saturated carbocycles. The minimum Gasteiger partial charge on any atom is -0.339 e. The molecule has 0 N–H and O–H groups in total. The average molecular weight is 433 g/mol. The van der Waals surface area contributed by atoms with Gasteiger partial charge in [0, 0.05) is 26.2 Å². The van der Waals surface area contributed by atoms with Crippen LogP contribution in [0, 0.1) is 0 Å². The zero-order chi connectivity index (χ0) is 20.4. The molecular weight excluding hydrogens is 408 g/mol. The van der Waals surface area contributed by atoms with E-state index in [4.69, 9.17) is 11.6 Å². The molecule has 0 radical (unpaired) electrons. The third-order valence-electron chi connectivity index (χ3n) is 5.92. The quantitative estimate of drug-likeness (QED) is 0.729. The summed E-state index contributed by atoms with van der Waals surface area (Å²) in [5, 5.41) is 0.292. The normalized spacial score (nSPS) is 18.9. The fourth-order valence-corrected chi connectivity index (χ4v) is 5.96. The Balaban J connectivity index is 1.50. The molecule has 2 aromatic rings. The van der Waals surface area contributed by atoms with E-state index in [1.807, 2.05) is 18.2 Å². The van der Waals surface area contributed by atoms with E-state index < -0.39 is 10.0 Å². The Morgan fingerprint density at radius 1 is 0.931 bits per heavy atom. The fraction of sp³-hybridized carbons (Fsp3) is 0.409. The van der Waals surface area contributed by atoms with Crippen molar-refractivity contribution in [3.63, 3.8) is 0 Å². The van der Waals surface area contributed by atoms with E-state index in [9.17, 15) is 13.2 Å². The van der Waals surface area contributed by atoms with Gasteiger partial charge in [0.1, 0.15) is 0 Å². The van der Waals surface area contributed by atoms with Crippen LogP contribution in [-0.4, -0.2) is 49.7 Å². The molecule has 2 saturated heterocycles. The highest BCUT2D eigenvalue weighted by Gasteiger charge is 2.30. The standard InChI is InChI=1S/C22H25ClN2O3S/c23-21-9-8-19(29(27,28)25-12-4-5-13-25)16-20(21)22(26)24-14-10-18(11-15-24)17-6-2-1-3-7-17/h1-3,6-9,16,18H,4-5,10-15H2. The van der Waals surface area contributed by atoms with E-state index in [1.165, 1.54) is 28.1 Å². The van der Waals surface area contributed by atoms with Crippen molar-refractivity contribution in [1.29, 1.82) is 0 Å². The minimum absolute atomic E-state index is 0.145. The van der Waals surface area contributed by atoms with E-state index in [2.05, 4.69) is 12.1 Å². The van der Waals surface area contributed by atoms with Gasteiger partial charge in [0.2, 0.25) is 10.0 Å². The Kier molecular flexibility index (Phi) is 5.95. The molecule has 2 fully saturated rings.